The summed E-state index contributed by atoms with van der Waals surface area (Å²) >= 11 is 0. The first-order chi connectivity index (χ1) is 13.9. The minimum absolute atomic E-state index is 0.121. The average Bonchev–Trinajstić information content (AvgIpc) is 3.18. The summed E-state index contributed by atoms with van der Waals surface area (Å²) in [5, 5.41) is 5.28. The Balaban J connectivity index is 1.89. The average molecular weight is 405 g/mol. The van der Waals surface area contributed by atoms with Crippen LogP contribution in [0.1, 0.15) is 24.3 Å². The van der Waals surface area contributed by atoms with Crippen molar-refractivity contribution in [1.29, 1.82) is 0 Å². The Morgan fingerprint density at radius 3 is 2.72 bits per heavy atom. The van der Waals surface area contributed by atoms with Gasteiger partial charge in [0.2, 0.25) is 0 Å². The highest BCUT2D eigenvalue weighted by atomic mass is 19.1. The first-order valence-electron chi connectivity index (χ1n) is 9.02. The highest BCUT2D eigenvalue weighted by molar-refractivity contribution is 5.95. The zero-order chi connectivity index (χ0) is 21.0. The zero-order valence-electron chi connectivity index (χ0n) is 16.0. The molecule has 1 aromatic carbocycles. The third-order valence-corrected chi connectivity index (χ3v) is 4.36. The van der Waals surface area contributed by atoms with Crippen molar-refractivity contribution in [3.63, 3.8) is 0 Å². The van der Waals surface area contributed by atoms with E-state index < -0.39 is 29.7 Å². The Labute approximate surface area is 166 Å². The van der Waals surface area contributed by atoms with Gasteiger partial charge in [0.25, 0.3) is 0 Å². The van der Waals surface area contributed by atoms with Crippen molar-refractivity contribution in [1.82, 2.24) is 15.5 Å². The maximum atomic E-state index is 14.0. The molecule has 9 heteroatoms. The Kier molecular flexibility index (Phi) is 6.28. The second-order valence-electron chi connectivity index (χ2n) is 6.57. The van der Waals surface area contributed by atoms with Gasteiger partial charge in [-0.2, -0.15) is 0 Å². The van der Waals surface area contributed by atoms with Crippen molar-refractivity contribution in [2.24, 2.45) is 0 Å². The van der Waals surface area contributed by atoms with Gasteiger partial charge in [0.15, 0.2) is 0 Å². The van der Waals surface area contributed by atoms with E-state index in [0.717, 1.165) is 6.07 Å². The van der Waals surface area contributed by atoms with Crippen LogP contribution < -0.4 is 10.6 Å². The van der Waals surface area contributed by atoms with Gasteiger partial charge >= 0.3 is 12.0 Å². The van der Waals surface area contributed by atoms with Crippen LogP contribution in [0.2, 0.25) is 0 Å². The summed E-state index contributed by atoms with van der Waals surface area (Å²) in [5.41, 5.74) is 0.807. The molecule has 0 bridgehead atoms. The molecule has 1 aromatic heterocycles. The number of nitrogens with one attached hydrogen (secondary N) is 2. The van der Waals surface area contributed by atoms with Crippen molar-refractivity contribution in [2.75, 3.05) is 20.2 Å². The van der Waals surface area contributed by atoms with Gasteiger partial charge in [-0.3, -0.25) is 4.90 Å². The number of rotatable bonds is 7. The van der Waals surface area contributed by atoms with Gasteiger partial charge in [0, 0.05) is 30.4 Å². The number of urea groups is 1. The van der Waals surface area contributed by atoms with Crippen LogP contribution in [0.25, 0.3) is 0 Å². The van der Waals surface area contributed by atoms with Gasteiger partial charge < -0.3 is 19.8 Å². The van der Waals surface area contributed by atoms with Gasteiger partial charge in [-0.25, -0.2) is 18.4 Å². The number of benzene rings is 1. The van der Waals surface area contributed by atoms with Crippen molar-refractivity contribution in [2.45, 2.75) is 19.5 Å². The minimum Gasteiger partial charge on any atom is -0.467 e. The van der Waals surface area contributed by atoms with E-state index >= 15 is 0 Å². The molecular formula is C20H21F2N3O4. The third kappa shape index (κ3) is 4.80. The fourth-order valence-electron chi connectivity index (χ4n) is 3.13. The SMILES string of the molecule is CCOC(=O)C1=C(CN(C)Cc2ccc(F)cc2F)NC(=O)NC1c1ccco1. The molecule has 2 amide bonds. The van der Waals surface area contributed by atoms with Crippen molar-refractivity contribution < 1.29 is 27.5 Å². The van der Waals surface area contributed by atoms with Gasteiger partial charge in [0.1, 0.15) is 23.4 Å². The summed E-state index contributed by atoms with van der Waals surface area (Å²) in [5.74, 6) is -1.54. The zero-order valence-corrected chi connectivity index (χ0v) is 16.0. The summed E-state index contributed by atoms with van der Waals surface area (Å²) in [4.78, 5) is 26.5. The number of halogens is 2. The largest absolute Gasteiger partial charge is 0.467 e. The highest BCUT2D eigenvalue weighted by Gasteiger charge is 2.35. The van der Waals surface area contributed by atoms with E-state index in [2.05, 4.69) is 10.6 Å². The molecule has 2 heterocycles. The highest BCUT2D eigenvalue weighted by Crippen LogP contribution is 2.28. The van der Waals surface area contributed by atoms with Crippen LogP contribution in [0.4, 0.5) is 13.6 Å². The standard InChI is InChI=1S/C20H21F2N3O4/c1-3-28-19(26)17-15(23-20(27)24-18(17)16-5-4-8-29-16)11-25(2)10-12-6-7-13(21)9-14(12)22/h4-9,18H,3,10-11H2,1-2H3,(H2,23,24,27). The van der Waals surface area contributed by atoms with Crippen LogP contribution in [-0.2, 0) is 16.1 Å². The van der Waals surface area contributed by atoms with Crippen LogP contribution in [0.15, 0.2) is 52.3 Å². The topological polar surface area (TPSA) is 83.8 Å². The number of nitrogens with zero attached hydrogens (tertiary/aromatic N) is 1. The van der Waals surface area contributed by atoms with Gasteiger partial charge in [0.05, 0.1) is 18.4 Å². The lowest BCUT2D eigenvalue weighted by Gasteiger charge is -2.30. The van der Waals surface area contributed by atoms with Crippen LogP contribution in [0.5, 0.6) is 0 Å². The summed E-state index contributed by atoms with van der Waals surface area (Å²) < 4.78 is 37.6. The van der Waals surface area contributed by atoms with E-state index in [-0.39, 0.29) is 30.8 Å². The van der Waals surface area contributed by atoms with E-state index in [9.17, 15) is 18.4 Å². The van der Waals surface area contributed by atoms with E-state index in [1.807, 2.05) is 0 Å². The number of amides is 2. The summed E-state index contributed by atoms with van der Waals surface area (Å²) in [7, 11) is 1.69. The smallest absolute Gasteiger partial charge is 0.338 e. The van der Waals surface area contributed by atoms with E-state index in [4.69, 9.17) is 9.15 Å². The lowest BCUT2D eigenvalue weighted by molar-refractivity contribution is -0.139. The van der Waals surface area contributed by atoms with E-state index in [0.29, 0.717) is 11.5 Å². The molecule has 2 aromatic rings. The molecule has 0 saturated carbocycles. The number of likely N-dealkylation sites (N-methyl/N-ethyl adjacent to an activating group) is 1. The Bertz CT molecular complexity index is 928. The van der Waals surface area contributed by atoms with Crippen molar-refractivity contribution >= 4 is 12.0 Å². The third-order valence-electron chi connectivity index (χ3n) is 4.36. The molecule has 0 saturated heterocycles. The van der Waals surface area contributed by atoms with Crippen molar-refractivity contribution in [3.05, 3.63) is 70.8 Å². The second-order valence-corrected chi connectivity index (χ2v) is 6.57. The maximum absolute atomic E-state index is 14.0. The molecule has 154 valence electrons. The molecule has 1 unspecified atom stereocenters. The van der Waals surface area contributed by atoms with Crippen LogP contribution in [0.3, 0.4) is 0 Å². The molecule has 2 N–H and O–H groups in total. The second kappa shape index (κ2) is 8.87. The lowest BCUT2D eigenvalue weighted by Crippen LogP contribution is -2.48. The predicted molar refractivity (Wildman–Crippen MR) is 99.5 cm³/mol. The molecule has 3 rings (SSSR count). The molecule has 29 heavy (non-hydrogen) atoms. The Morgan fingerprint density at radius 2 is 2.07 bits per heavy atom. The van der Waals surface area contributed by atoms with E-state index in [1.165, 1.54) is 18.4 Å². The van der Waals surface area contributed by atoms with Crippen LogP contribution in [-0.4, -0.2) is 37.1 Å². The van der Waals surface area contributed by atoms with Crippen molar-refractivity contribution in [3.8, 4) is 0 Å². The number of hydrogen-bond donors (Lipinski definition) is 2. The summed E-state index contributed by atoms with van der Waals surface area (Å²) in [6, 6.07) is 5.31. The number of hydrogen-bond acceptors (Lipinski definition) is 5. The normalized spacial score (nSPS) is 16.6. The first-order valence-corrected chi connectivity index (χ1v) is 9.02. The van der Waals surface area contributed by atoms with Gasteiger partial charge in [-0.15, -0.1) is 0 Å². The van der Waals surface area contributed by atoms with Gasteiger partial charge in [-0.05, 0) is 32.2 Å². The number of ether oxygens (including phenoxy) is 1. The molecule has 7 nitrogen and oxygen atoms in total. The van der Waals surface area contributed by atoms with Crippen LogP contribution >= 0.6 is 0 Å². The number of carbonyl (C=O) groups is 2. The molecule has 0 fully saturated rings. The fraction of sp³-hybridized carbons (Fsp3) is 0.300. The first kappa shape index (κ1) is 20.5. The quantitative estimate of drug-likeness (QED) is 0.692. The minimum atomic E-state index is -0.816. The molecule has 0 spiro atoms. The fourth-order valence-corrected chi connectivity index (χ4v) is 3.13. The summed E-state index contributed by atoms with van der Waals surface area (Å²) in [6.07, 6.45) is 1.44. The summed E-state index contributed by atoms with van der Waals surface area (Å²) in [6.45, 7) is 2.10. The molecular weight excluding hydrogens is 384 g/mol. The monoisotopic (exact) mass is 405 g/mol. The maximum Gasteiger partial charge on any atom is 0.338 e. The van der Waals surface area contributed by atoms with Crippen LogP contribution in [0, 0.1) is 11.6 Å². The molecule has 0 aliphatic carbocycles. The number of carbonyl (C=O) groups excluding carboxylic acids is 2. The molecule has 1 aliphatic heterocycles. The van der Waals surface area contributed by atoms with E-state index in [1.54, 1.807) is 31.0 Å². The predicted octanol–water partition coefficient (Wildman–Crippen LogP) is 2.86. The lowest BCUT2D eigenvalue weighted by atomic mass is 10.00. The Hall–Kier alpha value is -3.20. The van der Waals surface area contributed by atoms with Gasteiger partial charge in [-0.1, -0.05) is 6.07 Å². The number of furan rings is 1. The molecule has 1 aliphatic rings. The Morgan fingerprint density at radius 1 is 1.28 bits per heavy atom. The molecule has 0 radical (unpaired) electrons. The number of esters is 1. The molecule has 1 atom stereocenters.